The molecular weight excluding hydrogens is 172 g/mol. The van der Waals surface area contributed by atoms with Crippen LogP contribution in [0.3, 0.4) is 0 Å². The van der Waals surface area contributed by atoms with Crippen molar-refractivity contribution >= 4 is 0 Å². The maximum atomic E-state index is 9.19. The van der Waals surface area contributed by atoms with Crippen LogP contribution in [0.2, 0.25) is 0 Å². The Kier molecular flexibility index (Phi) is 2.11. The summed E-state index contributed by atoms with van der Waals surface area (Å²) in [6, 6.07) is 0. The third kappa shape index (κ3) is 1.72. The Bertz CT molecular complexity index is 186. The lowest BCUT2D eigenvalue weighted by atomic mass is 10.1. The Morgan fingerprint density at radius 3 is 2.69 bits per heavy atom. The zero-order chi connectivity index (χ0) is 9.64. The van der Waals surface area contributed by atoms with Gasteiger partial charge < -0.3 is 19.3 Å². The van der Waals surface area contributed by atoms with E-state index < -0.39 is 11.9 Å². The highest BCUT2D eigenvalue weighted by Crippen LogP contribution is 2.37. The van der Waals surface area contributed by atoms with Gasteiger partial charge in [-0.2, -0.15) is 0 Å². The third-order valence-corrected chi connectivity index (χ3v) is 2.34. The van der Waals surface area contributed by atoms with E-state index in [1.165, 1.54) is 0 Å². The fraction of sp³-hybridized carbons (Fsp3) is 0.889. The zero-order valence-corrected chi connectivity index (χ0v) is 7.90. The summed E-state index contributed by atoms with van der Waals surface area (Å²) in [4.78, 5) is 0. The molecule has 4 atom stereocenters. The molecule has 0 amide bonds. The first-order chi connectivity index (χ1) is 5.98. The minimum absolute atomic E-state index is 0.0589. The van der Waals surface area contributed by atoms with Crippen LogP contribution in [-0.4, -0.2) is 35.5 Å². The number of aliphatic hydroxyl groups is 1. The number of ether oxygens (including phenoxy) is 3. The van der Waals surface area contributed by atoms with E-state index >= 15 is 0 Å². The van der Waals surface area contributed by atoms with Crippen molar-refractivity contribution in [3.63, 3.8) is 0 Å². The minimum atomic E-state index is -0.707. The fourth-order valence-electron chi connectivity index (χ4n) is 1.78. The quantitative estimate of drug-likeness (QED) is 0.647. The van der Waals surface area contributed by atoms with Crippen molar-refractivity contribution in [2.75, 3.05) is 0 Å². The average molecular weight is 187 g/mol. The Morgan fingerprint density at radius 1 is 1.46 bits per heavy atom. The van der Waals surface area contributed by atoms with Crippen molar-refractivity contribution in [1.29, 1.82) is 0 Å². The summed E-state index contributed by atoms with van der Waals surface area (Å²) in [6.45, 7) is 7.21. The third-order valence-electron chi connectivity index (χ3n) is 2.34. The molecule has 1 N–H and O–H groups in total. The van der Waals surface area contributed by atoms with Gasteiger partial charge in [0.1, 0.15) is 6.10 Å². The molecule has 75 valence electrons. The van der Waals surface area contributed by atoms with Gasteiger partial charge in [-0.1, -0.05) is 0 Å². The van der Waals surface area contributed by atoms with Crippen LogP contribution in [0.5, 0.6) is 0 Å². The molecule has 0 aromatic rings. The zero-order valence-electron chi connectivity index (χ0n) is 7.90. The first-order valence-corrected chi connectivity index (χ1v) is 4.50. The van der Waals surface area contributed by atoms with Crippen molar-refractivity contribution in [2.45, 2.75) is 50.7 Å². The highest BCUT2D eigenvalue weighted by atomic mass is 16.8. The Morgan fingerprint density at radius 2 is 2.15 bits per heavy atom. The number of fused-ring (bicyclic) bond motifs is 1. The fourth-order valence-corrected chi connectivity index (χ4v) is 1.78. The summed E-state index contributed by atoms with van der Waals surface area (Å²) >= 11 is 0. The molecule has 2 aliphatic heterocycles. The monoisotopic (exact) mass is 187 g/mol. The van der Waals surface area contributed by atoms with Gasteiger partial charge in [-0.05, 0) is 20.8 Å². The first kappa shape index (κ1) is 9.40. The standard InChI is InChI=1S/C9H15O4/c1-5(10)6-4-7-8(11-6)13-9(2,3)12-7/h5-8,10H,1,4H2,2-3H3/t5-,6+,7-,8-/m1/s1. The molecule has 0 unspecified atom stereocenters. The van der Waals surface area contributed by atoms with Crippen LogP contribution in [0.1, 0.15) is 20.3 Å². The Labute approximate surface area is 77.8 Å². The molecule has 4 heteroatoms. The molecule has 13 heavy (non-hydrogen) atoms. The lowest BCUT2D eigenvalue weighted by Crippen LogP contribution is -2.29. The van der Waals surface area contributed by atoms with Crippen LogP contribution < -0.4 is 0 Å². The summed E-state index contributed by atoms with van der Waals surface area (Å²) in [6.07, 6.45) is -0.710. The van der Waals surface area contributed by atoms with Gasteiger partial charge >= 0.3 is 0 Å². The predicted octanol–water partition coefficient (Wildman–Crippen LogP) is 0.448. The molecule has 2 fully saturated rings. The molecule has 0 bridgehead atoms. The van der Waals surface area contributed by atoms with Crippen LogP contribution in [0.25, 0.3) is 0 Å². The smallest absolute Gasteiger partial charge is 0.187 e. The number of rotatable bonds is 1. The van der Waals surface area contributed by atoms with Gasteiger partial charge in [0.25, 0.3) is 0 Å². The van der Waals surface area contributed by atoms with Crippen molar-refractivity contribution in [3.8, 4) is 0 Å². The van der Waals surface area contributed by atoms with Crippen LogP contribution in [-0.2, 0) is 14.2 Å². The molecule has 1 radical (unpaired) electrons. The summed E-state index contributed by atoms with van der Waals surface area (Å²) in [5.74, 6) is -0.563. The SMILES string of the molecule is [CH2][C@@H](O)[C@@H]1C[C@H]2OC(C)(C)O[C@H]2O1. The van der Waals surface area contributed by atoms with E-state index in [0.29, 0.717) is 6.42 Å². The van der Waals surface area contributed by atoms with Gasteiger partial charge in [0.15, 0.2) is 12.1 Å². The molecule has 2 heterocycles. The highest BCUT2D eigenvalue weighted by molar-refractivity contribution is 4.88. The van der Waals surface area contributed by atoms with Crippen molar-refractivity contribution in [3.05, 3.63) is 6.92 Å². The van der Waals surface area contributed by atoms with E-state index in [0.717, 1.165) is 0 Å². The molecule has 2 rings (SSSR count). The summed E-state index contributed by atoms with van der Waals surface area (Å²) in [7, 11) is 0. The second-order valence-electron chi connectivity index (χ2n) is 4.02. The average Bonchev–Trinajstić information content (AvgIpc) is 2.39. The predicted molar refractivity (Wildman–Crippen MR) is 44.7 cm³/mol. The normalized spacial score (nSPS) is 44.8. The number of aliphatic hydroxyl groups excluding tert-OH is 1. The summed E-state index contributed by atoms with van der Waals surface area (Å²) < 4.78 is 16.5. The lowest BCUT2D eigenvalue weighted by molar-refractivity contribution is -0.211. The van der Waals surface area contributed by atoms with Gasteiger partial charge in [-0.25, -0.2) is 0 Å². The first-order valence-electron chi connectivity index (χ1n) is 4.50. The number of hydrogen-bond donors (Lipinski definition) is 1. The molecule has 0 saturated carbocycles. The largest absolute Gasteiger partial charge is 0.390 e. The van der Waals surface area contributed by atoms with E-state index in [4.69, 9.17) is 14.2 Å². The molecule has 0 spiro atoms. The molecule has 4 nitrogen and oxygen atoms in total. The van der Waals surface area contributed by atoms with Crippen LogP contribution in [0.15, 0.2) is 0 Å². The Hall–Kier alpha value is -0.160. The van der Waals surface area contributed by atoms with Crippen LogP contribution in [0.4, 0.5) is 0 Å². The Balaban J connectivity index is 1.97. The van der Waals surface area contributed by atoms with Crippen molar-refractivity contribution in [2.24, 2.45) is 0 Å². The van der Waals surface area contributed by atoms with Gasteiger partial charge in [0, 0.05) is 6.42 Å². The van der Waals surface area contributed by atoms with E-state index in [1.807, 2.05) is 13.8 Å². The van der Waals surface area contributed by atoms with E-state index in [1.54, 1.807) is 0 Å². The van der Waals surface area contributed by atoms with Gasteiger partial charge in [-0.3, -0.25) is 0 Å². The van der Waals surface area contributed by atoms with Gasteiger partial charge in [-0.15, -0.1) is 0 Å². The van der Waals surface area contributed by atoms with E-state index in [9.17, 15) is 5.11 Å². The van der Waals surface area contributed by atoms with Crippen molar-refractivity contribution < 1.29 is 19.3 Å². The lowest BCUT2D eigenvalue weighted by Gasteiger charge is -2.21. The molecule has 0 aromatic carbocycles. The molecule has 2 aliphatic rings. The maximum absolute atomic E-state index is 9.19. The summed E-state index contributed by atoms with van der Waals surface area (Å²) in [5, 5.41) is 9.19. The molecule has 0 aromatic heterocycles. The topological polar surface area (TPSA) is 47.9 Å². The minimum Gasteiger partial charge on any atom is -0.390 e. The van der Waals surface area contributed by atoms with Gasteiger partial charge in [0.2, 0.25) is 0 Å². The summed E-state index contributed by atoms with van der Waals surface area (Å²) in [5.41, 5.74) is 0. The second-order valence-corrected chi connectivity index (χ2v) is 4.02. The van der Waals surface area contributed by atoms with Crippen molar-refractivity contribution in [1.82, 2.24) is 0 Å². The van der Waals surface area contributed by atoms with Crippen LogP contribution >= 0.6 is 0 Å². The van der Waals surface area contributed by atoms with E-state index in [2.05, 4.69) is 6.92 Å². The maximum Gasteiger partial charge on any atom is 0.187 e. The molecule has 2 saturated heterocycles. The number of hydrogen-bond acceptors (Lipinski definition) is 4. The molecular formula is C9H15O4. The van der Waals surface area contributed by atoms with E-state index in [-0.39, 0.29) is 18.5 Å². The molecule has 0 aliphatic carbocycles. The highest BCUT2D eigenvalue weighted by Gasteiger charge is 2.49. The van der Waals surface area contributed by atoms with Gasteiger partial charge in [0.05, 0.1) is 12.2 Å². The van der Waals surface area contributed by atoms with Crippen LogP contribution in [0, 0.1) is 6.92 Å². The second kappa shape index (κ2) is 2.92.